The highest BCUT2D eigenvalue weighted by atomic mass is 32.1. The molecule has 0 aromatic carbocycles. The van der Waals surface area contributed by atoms with Gasteiger partial charge in [0.25, 0.3) is 0 Å². The fraction of sp³-hybridized carbons (Fsp3) is 0.667. The molecule has 1 aliphatic heterocycles. The molecule has 3 atom stereocenters. The molecule has 1 saturated heterocycles. The minimum Gasteiger partial charge on any atom is -0.480 e. The molecule has 2 fully saturated rings. The number of aliphatic carboxylic acids is 1. The summed E-state index contributed by atoms with van der Waals surface area (Å²) in [4.78, 5) is 16.4. The molecule has 1 aliphatic carbocycles. The van der Waals surface area contributed by atoms with Crippen molar-refractivity contribution in [1.29, 1.82) is 0 Å². The van der Waals surface area contributed by atoms with Gasteiger partial charge in [-0.2, -0.15) is 0 Å². The van der Waals surface area contributed by atoms with Crippen LogP contribution in [-0.2, 0) is 11.3 Å². The van der Waals surface area contributed by atoms with Crippen LogP contribution in [0.1, 0.15) is 41.9 Å². The average molecular weight is 279 g/mol. The van der Waals surface area contributed by atoms with E-state index in [1.807, 2.05) is 0 Å². The number of hydrogen-bond donors (Lipinski definition) is 1. The summed E-state index contributed by atoms with van der Waals surface area (Å²) in [6, 6.07) is 4.51. The third-order valence-corrected chi connectivity index (χ3v) is 5.63. The van der Waals surface area contributed by atoms with Crippen LogP contribution in [-0.4, -0.2) is 28.1 Å². The standard InChI is InChI=1S/C15H21NO2S/c1-10-6-7-12(19-10)9-16-13-5-3-2-4-11(13)8-14(16)15(17)18/h6-7,11,13-14H,2-5,8-9H2,1H3,(H,17,18). The molecule has 3 rings (SSSR count). The maximum absolute atomic E-state index is 11.5. The summed E-state index contributed by atoms with van der Waals surface area (Å²) in [5, 5.41) is 9.48. The second-order valence-electron chi connectivity index (χ2n) is 5.89. The van der Waals surface area contributed by atoms with Gasteiger partial charge in [-0.3, -0.25) is 9.69 Å². The largest absolute Gasteiger partial charge is 0.480 e. The van der Waals surface area contributed by atoms with Gasteiger partial charge in [-0.1, -0.05) is 12.8 Å². The molecule has 19 heavy (non-hydrogen) atoms. The predicted octanol–water partition coefficient (Wildman–Crippen LogP) is 3.27. The molecule has 3 nitrogen and oxygen atoms in total. The Labute approximate surface area is 118 Å². The van der Waals surface area contributed by atoms with Gasteiger partial charge >= 0.3 is 5.97 Å². The van der Waals surface area contributed by atoms with Crippen LogP contribution in [0.3, 0.4) is 0 Å². The van der Waals surface area contributed by atoms with Crippen molar-refractivity contribution in [1.82, 2.24) is 4.90 Å². The van der Waals surface area contributed by atoms with E-state index in [2.05, 4.69) is 24.0 Å². The third-order valence-electron chi connectivity index (χ3n) is 4.64. The summed E-state index contributed by atoms with van der Waals surface area (Å²) < 4.78 is 0. The van der Waals surface area contributed by atoms with E-state index in [9.17, 15) is 9.90 Å². The Balaban J connectivity index is 1.80. The summed E-state index contributed by atoms with van der Waals surface area (Å²) in [5.74, 6) is -0.0291. The summed E-state index contributed by atoms with van der Waals surface area (Å²) in [6.45, 7) is 2.92. The Morgan fingerprint density at radius 3 is 2.89 bits per heavy atom. The van der Waals surface area contributed by atoms with Crippen molar-refractivity contribution in [2.45, 2.75) is 57.7 Å². The van der Waals surface area contributed by atoms with Crippen molar-refractivity contribution in [2.75, 3.05) is 0 Å². The second-order valence-corrected chi connectivity index (χ2v) is 7.26. The van der Waals surface area contributed by atoms with E-state index in [-0.39, 0.29) is 6.04 Å². The highest BCUT2D eigenvalue weighted by molar-refractivity contribution is 7.11. The van der Waals surface area contributed by atoms with Crippen molar-refractivity contribution >= 4 is 17.3 Å². The summed E-state index contributed by atoms with van der Waals surface area (Å²) in [7, 11) is 0. The predicted molar refractivity (Wildman–Crippen MR) is 76.4 cm³/mol. The number of aryl methyl sites for hydroxylation is 1. The van der Waals surface area contributed by atoms with Gasteiger partial charge in [-0.15, -0.1) is 11.3 Å². The van der Waals surface area contributed by atoms with Gasteiger partial charge in [-0.25, -0.2) is 0 Å². The quantitative estimate of drug-likeness (QED) is 0.923. The molecule has 0 bridgehead atoms. The Bertz CT molecular complexity index is 470. The number of thiophene rings is 1. The first-order valence-corrected chi connectivity index (χ1v) is 8.00. The third kappa shape index (κ3) is 2.56. The number of nitrogens with zero attached hydrogens (tertiary/aromatic N) is 1. The number of fused-ring (bicyclic) bond motifs is 1. The molecule has 4 heteroatoms. The Kier molecular flexibility index (Phi) is 3.63. The monoisotopic (exact) mass is 279 g/mol. The fourth-order valence-electron chi connectivity index (χ4n) is 3.77. The van der Waals surface area contributed by atoms with Gasteiger partial charge in [0.15, 0.2) is 0 Å². The van der Waals surface area contributed by atoms with Gasteiger partial charge in [0, 0.05) is 22.3 Å². The van der Waals surface area contributed by atoms with Crippen LogP contribution in [0.5, 0.6) is 0 Å². The molecular weight excluding hydrogens is 258 g/mol. The molecule has 0 radical (unpaired) electrons. The summed E-state index contributed by atoms with van der Waals surface area (Å²) >= 11 is 1.79. The van der Waals surface area contributed by atoms with E-state index >= 15 is 0 Å². The second kappa shape index (κ2) is 5.25. The number of likely N-dealkylation sites (tertiary alicyclic amines) is 1. The van der Waals surface area contributed by atoms with Gasteiger partial charge in [-0.05, 0) is 44.2 Å². The molecule has 1 N–H and O–H groups in total. The minimum atomic E-state index is -0.636. The average Bonchev–Trinajstić information content (AvgIpc) is 2.95. The first-order chi connectivity index (χ1) is 9.15. The molecular formula is C15H21NO2S. The smallest absolute Gasteiger partial charge is 0.320 e. The zero-order valence-electron chi connectivity index (χ0n) is 11.3. The molecule has 0 amide bonds. The summed E-state index contributed by atoms with van der Waals surface area (Å²) in [6.07, 6.45) is 5.78. The van der Waals surface area contributed by atoms with E-state index in [0.29, 0.717) is 12.0 Å². The lowest BCUT2D eigenvalue weighted by Crippen LogP contribution is -2.41. The van der Waals surface area contributed by atoms with Gasteiger partial charge < -0.3 is 5.11 Å². The lowest BCUT2D eigenvalue weighted by Gasteiger charge is -2.32. The van der Waals surface area contributed by atoms with Crippen molar-refractivity contribution in [3.63, 3.8) is 0 Å². The van der Waals surface area contributed by atoms with Crippen LogP contribution in [0, 0.1) is 12.8 Å². The van der Waals surface area contributed by atoms with Crippen LogP contribution in [0.25, 0.3) is 0 Å². The van der Waals surface area contributed by atoms with E-state index < -0.39 is 5.97 Å². The topological polar surface area (TPSA) is 40.5 Å². The molecule has 0 spiro atoms. The van der Waals surface area contributed by atoms with Crippen LogP contribution in [0.4, 0.5) is 0 Å². The van der Waals surface area contributed by atoms with E-state index in [1.54, 1.807) is 11.3 Å². The van der Waals surface area contributed by atoms with Crippen molar-refractivity contribution in [3.8, 4) is 0 Å². The summed E-state index contributed by atoms with van der Waals surface area (Å²) in [5.41, 5.74) is 0. The molecule has 1 saturated carbocycles. The highest BCUT2D eigenvalue weighted by Crippen LogP contribution is 2.40. The number of carboxylic acid groups (broad SMARTS) is 1. The highest BCUT2D eigenvalue weighted by Gasteiger charge is 2.45. The van der Waals surface area contributed by atoms with E-state index in [1.165, 1.54) is 35.4 Å². The molecule has 2 heterocycles. The fourth-order valence-corrected chi connectivity index (χ4v) is 4.67. The molecule has 3 unspecified atom stereocenters. The number of carbonyl (C=O) groups is 1. The normalized spacial score (nSPS) is 31.3. The molecule has 2 aliphatic rings. The number of rotatable bonds is 3. The molecule has 1 aromatic heterocycles. The lowest BCUT2D eigenvalue weighted by atomic mass is 9.85. The van der Waals surface area contributed by atoms with Crippen LogP contribution in [0.2, 0.25) is 0 Å². The van der Waals surface area contributed by atoms with Crippen LogP contribution < -0.4 is 0 Å². The van der Waals surface area contributed by atoms with Crippen molar-refractivity contribution in [3.05, 3.63) is 21.9 Å². The number of carboxylic acids is 1. The maximum atomic E-state index is 11.5. The van der Waals surface area contributed by atoms with E-state index in [0.717, 1.165) is 13.0 Å². The Morgan fingerprint density at radius 1 is 1.42 bits per heavy atom. The minimum absolute atomic E-state index is 0.268. The first kappa shape index (κ1) is 13.1. The maximum Gasteiger partial charge on any atom is 0.320 e. The van der Waals surface area contributed by atoms with Crippen LogP contribution >= 0.6 is 11.3 Å². The lowest BCUT2D eigenvalue weighted by molar-refractivity contribution is -0.142. The molecule has 104 valence electrons. The van der Waals surface area contributed by atoms with Gasteiger partial charge in [0.2, 0.25) is 0 Å². The van der Waals surface area contributed by atoms with Crippen LogP contribution in [0.15, 0.2) is 12.1 Å². The van der Waals surface area contributed by atoms with Gasteiger partial charge in [0.05, 0.1) is 0 Å². The zero-order chi connectivity index (χ0) is 13.4. The Morgan fingerprint density at radius 2 is 2.21 bits per heavy atom. The Hall–Kier alpha value is -0.870. The zero-order valence-corrected chi connectivity index (χ0v) is 12.2. The van der Waals surface area contributed by atoms with Crippen molar-refractivity contribution < 1.29 is 9.90 Å². The van der Waals surface area contributed by atoms with Crippen molar-refractivity contribution in [2.24, 2.45) is 5.92 Å². The van der Waals surface area contributed by atoms with Gasteiger partial charge in [0.1, 0.15) is 6.04 Å². The SMILES string of the molecule is Cc1ccc(CN2C(C(=O)O)CC3CCCCC32)s1. The van der Waals surface area contributed by atoms with E-state index in [4.69, 9.17) is 0 Å². The molecule has 1 aromatic rings. The first-order valence-electron chi connectivity index (χ1n) is 7.19. The number of hydrogen-bond acceptors (Lipinski definition) is 3.